The van der Waals surface area contributed by atoms with Gasteiger partial charge in [-0.3, -0.25) is 14.5 Å². The molecule has 46 heavy (non-hydrogen) atoms. The predicted molar refractivity (Wildman–Crippen MR) is 178 cm³/mol. The number of nitrogens with zero attached hydrogens (tertiary/aromatic N) is 2. The molecule has 1 fully saturated rings. The average Bonchev–Trinajstić information content (AvgIpc) is 3.72. The normalized spacial score (nSPS) is 18.6. The van der Waals surface area contributed by atoms with Crippen molar-refractivity contribution in [1.82, 2.24) is 4.98 Å². The number of aliphatic hydroxyl groups is 1. The highest BCUT2D eigenvalue weighted by Gasteiger charge is 2.48. The van der Waals surface area contributed by atoms with Gasteiger partial charge in [-0.1, -0.05) is 53.8 Å². The lowest BCUT2D eigenvalue weighted by atomic mass is 9.94. The summed E-state index contributed by atoms with van der Waals surface area (Å²) < 4.78 is 18.6. The number of hydrogen-bond donors (Lipinski definition) is 1. The van der Waals surface area contributed by atoms with Crippen molar-refractivity contribution in [1.29, 1.82) is 0 Å². The summed E-state index contributed by atoms with van der Waals surface area (Å²) in [6.07, 6.45) is 0.694. The molecule has 1 amide bonds. The number of Topliss-reactive ketones (excluding diaryl/α,β-unsaturated/α-hetero) is 1. The first-order valence-corrected chi connectivity index (χ1v) is 15.9. The summed E-state index contributed by atoms with van der Waals surface area (Å²) in [6.45, 7) is 6.29. The van der Waals surface area contributed by atoms with Crippen LogP contribution in [0.5, 0.6) is 17.2 Å². The Hall–Kier alpha value is -5.15. The Morgan fingerprint density at radius 2 is 1.83 bits per heavy atom. The van der Waals surface area contributed by atoms with Crippen molar-refractivity contribution in [3.05, 3.63) is 118 Å². The van der Waals surface area contributed by atoms with Crippen LogP contribution in [0.3, 0.4) is 0 Å². The van der Waals surface area contributed by atoms with Crippen LogP contribution in [0.1, 0.15) is 46.3 Å². The number of ether oxygens (including phenoxy) is 3. The molecule has 0 radical (unpaired) electrons. The van der Waals surface area contributed by atoms with Crippen molar-refractivity contribution in [2.75, 3.05) is 12.0 Å². The van der Waals surface area contributed by atoms with Crippen molar-refractivity contribution in [3.63, 3.8) is 0 Å². The molecule has 0 saturated carbocycles. The first kappa shape index (κ1) is 29.6. The topological polar surface area (TPSA) is 98.2 Å². The molecule has 1 N–H and O–H groups in total. The molecule has 7 rings (SSSR count). The van der Waals surface area contributed by atoms with E-state index in [0.717, 1.165) is 38.2 Å². The minimum atomic E-state index is -0.970. The lowest BCUT2D eigenvalue weighted by Gasteiger charge is -2.24. The second-order valence-corrected chi connectivity index (χ2v) is 12.7. The van der Waals surface area contributed by atoms with Gasteiger partial charge in [0, 0.05) is 12.0 Å². The fourth-order valence-electron chi connectivity index (χ4n) is 6.24. The summed E-state index contributed by atoms with van der Waals surface area (Å²) in [5, 5.41) is 12.1. The van der Waals surface area contributed by atoms with E-state index < -0.39 is 17.7 Å². The summed E-state index contributed by atoms with van der Waals surface area (Å²) in [6, 6.07) is 23.5. The van der Waals surface area contributed by atoms with Crippen LogP contribution in [-0.4, -0.2) is 35.0 Å². The fraction of sp³-hybridized carbons (Fsp3) is 0.216. The Morgan fingerprint density at radius 1 is 1.02 bits per heavy atom. The minimum Gasteiger partial charge on any atom is -0.507 e. The molecule has 8 nitrogen and oxygen atoms in total. The van der Waals surface area contributed by atoms with Crippen LogP contribution in [0.2, 0.25) is 0 Å². The van der Waals surface area contributed by atoms with E-state index in [2.05, 4.69) is 0 Å². The Kier molecular flexibility index (Phi) is 7.49. The predicted octanol–water partition coefficient (Wildman–Crippen LogP) is 7.45. The van der Waals surface area contributed by atoms with E-state index in [1.54, 1.807) is 30.3 Å². The molecule has 0 unspecified atom stereocenters. The number of carbonyl (C=O) groups is 2. The molecule has 3 heterocycles. The maximum atomic E-state index is 13.9. The van der Waals surface area contributed by atoms with Gasteiger partial charge in [-0.2, -0.15) is 0 Å². The van der Waals surface area contributed by atoms with Crippen LogP contribution in [0, 0.1) is 13.8 Å². The zero-order valence-electron chi connectivity index (χ0n) is 25.9. The Morgan fingerprint density at radius 3 is 2.61 bits per heavy atom. The van der Waals surface area contributed by atoms with Crippen LogP contribution in [-0.2, 0) is 22.6 Å². The van der Waals surface area contributed by atoms with E-state index in [9.17, 15) is 14.7 Å². The number of ketones is 1. The smallest absolute Gasteiger partial charge is 0.301 e. The van der Waals surface area contributed by atoms with Crippen LogP contribution in [0.25, 0.3) is 16.0 Å². The number of methoxy groups -OCH3 is 1. The molecule has 1 aromatic heterocycles. The highest BCUT2D eigenvalue weighted by Crippen LogP contribution is 2.46. The van der Waals surface area contributed by atoms with Crippen molar-refractivity contribution in [2.24, 2.45) is 0 Å². The van der Waals surface area contributed by atoms with Crippen LogP contribution < -0.4 is 19.1 Å². The van der Waals surface area contributed by atoms with Crippen LogP contribution in [0.4, 0.5) is 5.13 Å². The van der Waals surface area contributed by atoms with E-state index in [1.807, 2.05) is 69.3 Å². The number of amides is 1. The second-order valence-electron chi connectivity index (χ2n) is 11.7. The summed E-state index contributed by atoms with van der Waals surface area (Å²) in [5.74, 6) is -0.129. The molecule has 2 atom stereocenters. The molecule has 4 aromatic carbocycles. The van der Waals surface area contributed by atoms with Gasteiger partial charge in [0.2, 0.25) is 0 Å². The Balaban J connectivity index is 1.36. The number of aryl methyl sites for hydroxylation is 2. The van der Waals surface area contributed by atoms with E-state index in [4.69, 9.17) is 19.2 Å². The van der Waals surface area contributed by atoms with Crippen molar-refractivity contribution in [3.8, 4) is 17.2 Å². The Labute approximate surface area is 270 Å². The van der Waals surface area contributed by atoms with Crippen LogP contribution >= 0.6 is 11.3 Å². The van der Waals surface area contributed by atoms with E-state index in [-0.39, 0.29) is 17.4 Å². The molecule has 0 spiro atoms. The molecule has 2 aliphatic rings. The van der Waals surface area contributed by atoms with Gasteiger partial charge in [0.05, 0.1) is 28.9 Å². The van der Waals surface area contributed by atoms with E-state index >= 15 is 0 Å². The molecule has 232 valence electrons. The second kappa shape index (κ2) is 11.7. The van der Waals surface area contributed by atoms with Crippen molar-refractivity contribution < 1.29 is 28.9 Å². The fourth-order valence-corrected chi connectivity index (χ4v) is 7.41. The number of thiazole rings is 1. The first-order chi connectivity index (χ1) is 22.2. The molecule has 5 aromatic rings. The number of benzene rings is 4. The molecule has 0 aliphatic carbocycles. The zero-order valence-corrected chi connectivity index (χ0v) is 26.7. The number of carbonyl (C=O) groups excluding carboxylic acids is 2. The van der Waals surface area contributed by atoms with Gasteiger partial charge in [-0.05, 0) is 85.0 Å². The summed E-state index contributed by atoms with van der Waals surface area (Å²) in [5.41, 5.74) is 5.72. The minimum absolute atomic E-state index is 0.0131. The maximum Gasteiger partial charge on any atom is 0.301 e. The Bertz CT molecular complexity index is 2050. The van der Waals surface area contributed by atoms with Gasteiger partial charge >= 0.3 is 5.91 Å². The summed E-state index contributed by atoms with van der Waals surface area (Å²) in [7, 11) is 1.54. The highest BCUT2D eigenvalue weighted by atomic mass is 32.1. The van der Waals surface area contributed by atoms with Gasteiger partial charge in [-0.15, -0.1) is 0 Å². The average molecular weight is 633 g/mol. The number of fused-ring (bicyclic) bond motifs is 2. The van der Waals surface area contributed by atoms with E-state index in [0.29, 0.717) is 40.8 Å². The SMILES string of the molecule is COc1cc([C@@H]2/C(=C(\O)c3ccc4c(c3)C[C@@H](C)O4)C(=O)C(=O)N2c2nc3c(C)cc(C)cc3s2)ccc1OCc1ccccc1. The van der Waals surface area contributed by atoms with Gasteiger partial charge in [0.1, 0.15) is 24.2 Å². The van der Waals surface area contributed by atoms with Gasteiger partial charge in [0.15, 0.2) is 16.6 Å². The first-order valence-electron chi connectivity index (χ1n) is 15.0. The monoisotopic (exact) mass is 632 g/mol. The third-order valence-corrected chi connectivity index (χ3v) is 9.38. The molecular weight excluding hydrogens is 600 g/mol. The lowest BCUT2D eigenvalue weighted by Crippen LogP contribution is -2.29. The molecule has 9 heteroatoms. The number of aliphatic hydroxyl groups excluding tert-OH is 1. The third kappa shape index (κ3) is 5.16. The van der Waals surface area contributed by atoms with E-state index in [1.165, 1.54) is 23.3 Å². The lowest BCUT2D eigenvalue weighted by molar-refractivity contribution is -0.132. The number of rotatable bonds is 7. The van der Waals surface area contributed by atoms with Gasteiger partial charge < -0.3 is 19.3 Å². The number of aromatic nitrogens is 1. The van der Waals surface area contributed by atoms with Gasteiger partial charge in [-0.25, -0.2) is 4.98 Å². The highest BCUT2D eigenvalue weighted by molar-refractivity contribution is 7.22. The van der Waals surface area contributed by atoms with Crippen molar-refractivity contribution >= 4 is 44.1 Å². The molecular formula is C37H32N2O6S. The third-order valence-electron chi connectivity index (χ3n) is 8.38. The molecule has 1 saturated heterocycles. The van der Waals surface area contributed by atoms with Crippen molar-refractivity contribution in [2.45, 2.75) is 45.9 Å². The summed E-state index contributed by atoms with van der Waals surface area (Å²) >= 11 is 1.34. The number of anilines is 1. The zero-order chi connectivity index (χ0) is 32.1. The quantitative estimate of drug-likeness (QED) is 0.113. The largest absolute Gasteiger partial charge is 0.507 e. The molecule has 0 bridgehead atoms. The van der Waals surface area contributed by atoms with Gasteiger partial charge in [0.25, 0.3) is 5.78 Å². The standard InChI is InChI=1S/C37H32N2O6S/c1-20-14-21(2)32-30(15-20)46-37(38-32)39-33(24-10-13-28(29(18-24)43-4)44-19-23-8-6-5-7-9-23)31(35(41)36(39)42)34(40)25-11-12-27-26(17-25)16-22(3)45-27/h5-15,17-18,22,33,40H,16,19H2,1-4H3/b34-31+/t22-,33-/m1/s1. The van der Waals surface area contributed by atoms with Crippen LogP contribution in [0.15, 0.2) is 84.4 Å². The number of hydrogen-bond acceptors (Lipinski definition) is 8. The molecule has 2 aliphatic heterocycles. The summed E-state index contributed by atoms with van der Waals surface area (Å²) in [4.78, 5) is 34.0. The maximum absolute atomic E-state index is 13.9.